The van der Waals surface area contributed by atoms with Gasteiger partial charge in [0, 0.05) is 17.1 Å². The second-order valence-electron chi connectivity index (χ2n) is 5.66. The molecule has 3 rings (SSSR count). The van der Waals surface area contributed by atoms with Gasteiger partial charge >= 0.3 is 0 Å². The predicted octanol–water partition coefficient (Wildman–Crippen LogP) is 1.03. The quantitative estimate of drug-likeness (QED) is 0.878. The molecule has 1 aromatic carbocycles. The van der Waals surface area contributed by atoms with Crippen LogP contribution in [0.2, 0.25) is 5.02 Å². The van der Waals surface area contributed by atoms with Crippen molar-refractivity contribution >= 4 is 31.3 Å². The standard InChI is InChI=1S/C13H16ClNO4S2/c14-9-1-5-11(6-2-9)21(18,19)13-8-20(16,17)7-12(13)15-10-3-4-10/h1-2,5-6,10,12-13,15H,3-4,7-8H2. The van der Waals surface area contributed by atoms with E-state index in [9.17, 15) is 16.8 Å². The van der Waals surface area contributed by atoms with Gasteiger partial charge in [-0.25, -0.2) is 16.8 Å². The second-order valence-corrected chi connectivity index (χ2v) is 10.4. The summed E-state index contributed by atoms with van der Waals surface area (Å²) in [7, 11) is -7.02. The molecule has 2 atom stereocenters. The molecule has 8 heteroatoms. The van der Waals surface area contributed by atoms with Gasteiger partial charge in [-0.1, -0.05) is 11.6 Å². The molecule has 1 saturated heterocycles. The van der Waals surface area contributed by atoms with Crippen molar-refractivity contribution in [3.63, 3.8) is 0 Å². The fraction of sp³-hybridized carbons (Fsp3) is 0.538. The van der Waals surface area contributed by atoms with E-state index in [1.54, 1.807) is 0 Å². The molecule has 0 bridgehead atoms. The molecule has 2 unspecified atom stereocenters. The van der Waals surface area contributed by atoms with Gasteiger partial charge in [-0.3, -0.25) is 0 Å². The second kappa shape index (κ2) is 5.22. The summed E-state index contributed by atoms with van der Waals surface area (Å²) in [6.45, 7) is 0. The van der Waals surface area contributed by atoms with E-state index in [4.69, 9.17) is 11.6 Å². The van der Waals surface area contributed by atoms with Crippen LogP contribution in [0.25, 0.3) is 0 Å². The Balaban J connectivity index is 1.93. The van der Waals surface area contributed by atoms with Crippen LogP contribution in [0.4, 0.5) is 0 Å². The minimum Gasteiger partial charge on any atom is -0.309 e. The molecule has 2 aliphatic rings. The summed E-state index contributed by atoms with van der Waals surface area (Å²) in [6, 6.07) is 5.59. The molecule has 1 aliphatic heterocycles. The minimum atomic E-state index is -3.69. The van der Waals surface area contributed by atoms with Crippen LogP contribution in [0.15, 0.2) is 29.2 Å². The van der Waals surface area contributed by atoms with Crippen LogP contribution in [-0.2, 0) is 19.7 Å². The largest absolute Gasteiger partial charge is 0.309 e. The third kappa shape index (κ3) is 3.26. The Hall–Kier alpha value is -0.630. The van der Waals surface area contributed by atoms with Crippen LogP contribution < -0.4 is 5.32 Å². The number of benzene rings is 1. The van der Waals surface area contributed by atoms with Gasteiger partial charge in [0.1, 0.15) is 0 Å². The van der Waals surface area contributed by atoms with Crippen LogP contribution in [0.3, 0.4) is 0 Å². The average Bonchev–Trinajstić information content (AvgIpc) is 3.13. The van der Waals surface area contributed by atoms with Crippen LogP contribution in [-0.4, -0.2) is 45.7 Å². The van der Waals surface area contributed by atoms with E-state index < -0.39 is 31.0 Å². The van der Waals surface area contributed by atoms with E-state index in [2.05, 4.69) is 5.32 Å². The summed E-state index contributed by atoms with van der Waals surface area (Å²) in [5.74, 6) is -0.427. The highest BCUT2D eigenvalue weighted by Gasteiger charge is 2.47. The van der Waals surface area contributed by atoms with E-state index in [1.807, 2.05) is 0 Å². The molecular formula is C13H16ClNO4S2. The van der Waals surface area contributed by atoms with E-state index in [0.717, 1.165) is 12.8 Å². The van der Waals surface area contributed by atoms with Crippen molar-refractivity contribution in [3.05, 3.63) is 29.3 Å². The minimum absolute atomic E-state index is 0.110. The average molecular weight is 350 g/mol. The molecule has 21 heavy (non-hydrogen) atoms. The highest BCUT2D eigenvalue weighted by Crippen LogP contribution is 2.29. The lowest BCUT2D eigenvalue weighted by molar-refractivity contribution is 0.524. The third-order valence-corrected chi connectivity index (χ3v) is 8.29. The van der Waals surface area contributed by atoms with Crippen molar-refractivity contribution < 1.29 is 16.8 Å². The summed E-state index contributed by atoms with van der Waals surface area (Å²) < 4.78 is 49.1. The van der Waals surface area contributed by atoms with Gasteiger partial charge in [0.2, 0.25) is 0 Å². The summed E-state index contributed by atoms with van der Waals surface area (Å²) in [5, 5.41) is 2.68. The number of rotatable bonds is 4. The zero-order chi connectivity index (χ0) is 15.3. The molecule has 1 aromatic rings. The molecule has 5 nitrogen and oxygen atoms in total. The van der Waals surface area contributed by atoms with E-state index >= 15 is 0 Å². The van der Waals surface area contributed by atoms with Crippen molar-refractivity contribution in [1.82, 2.24) is 5.32 Å². The van der Waals surface area contributed by atoms with Crippen molar-refractivity contribution in [3.8, 4) is 0 Å². The maximum atomic E-state index is 12.7. The molecule has 0 spiro atoms. The number of nitrogens with one attached hydrogen (secondary N) is 1. The third-order valence-electron chi connectivity index (χ3n) is 3.87. The predicted molar refractivity (Wildman–Crippen MR) is 81.0 cm³/mol. The van der Waals surface area contributed by atoms with Gasteiger partial charge in [0.15, 0.2) is 19.7 Å². The number of hydrogen-bond acceptors (Lipinski definition) is 5. The van der Waals surface area contributed by atoms with Crippen LogP contribution in [0, 0.1) is 0 Å². The Morgan fingerprint density at radius 2 is 1.71 bits per heavy atom. The SMILES string of the molecule is O=S1(=O)CC(NC2CC2)C(S(=O)(=O)c2ccc(Cl)cc2)C1. The molecule has 1 N–H and O–H groups in total. The highest BCUT2D eigenvalue weighted by atomic mass is 35.5. The summed E-state index contributed by atoms with van der Waals surface area (Å²) in [4.78, 5) is 0.122. The molecule has 116 valence electrons. The molecule has 1 saturated carbocycles. The zero-order valence-corrected chi connectivity index (χ0v) is 13.6. The van der Waals surface area contributed by atoms with E-state index in [1.165, 1.54) is 24.3 Å². The first-order chi connectivity index (χ1) is 9.78. The van der Waals surface area contributed by atoms with Gasteiger partial charge in [-0.15, -0.1) is 0 Å². The molecule has 1 heterocycles. The summed E-state index contributed by atoms with van der Waals surface area (Å²) in [5.41, 5.74) is 0. The zero-order valence-electron chi connectivity index (χ0n) is 11.2. The van der Waals surface area contributed by atoms with Crippen molar-refractivity contribution in [2.45, 2.75) is 35.1 Å². The first-order valence-electron chi connectivity index (χ1n) is 6.74. The van der Waals surface area contributed by atoms with Crippen LogP contribution in [0.5, 0.6) is 0 Å². The van der Waals surface area contributed by atoms with Crippen molar-refractivity contribution in [2.24, 2.45) is 0 Å². The maximum Gasteiger partial charge on any atom is 0.183 e. The molecule has 0 aromatic heterocycles. The Morgan fingerprint density at radius 3 is 2.29 bits per heavy atom. The summed E-state index contributed by atoms with van der Waals surface area (Å²) >= 11 is 5.77. The number of sulfone groups is 2. The first kappa shape index (κ1) is 15.3. The Labute approximate surface area is 129 Å². The smallest absolute Gasteiger partial charge is 0.183 e. The normalized spacial score (nSPS) is 28.6. The van der Waals surface area contributed by atoms with Gasteiger partial charge < -0.3 is 5.32 Å². The summed E-state index contributed by atoms with van der Waals surface area (Å²) in [6.07, 6.45) is 1.95. The monoisotopic (exact) mass is 349 g/mol. The van der Waals surface area contributed by atoms with Gasteiger partial charge in [-0.05, 0) is 37.1 Å². The van der Waals surface area contributed by atoms with Gasteiger partial charge in [0.25, 0.3) is 0 Å². The molecule has 2 fully saturated rings. The lowest BCUT2D eigenvalue weighted by Crippen LogP contribution is -2.44. The van der Waals surface area contributed by atoms with E-state index in [-0.39, 0.29) is 22.4 Å². The Morgan fingerprint density at radius 1 is 1.10 bits per heavy atom. The lowest BCUT2D eigenvalue weighted by Gasteiger charge is -2.19. The van der Waals surface area contributed by atoms with Crippen molar-refractivity contribution in [2.75, 3.05) is 11.5 Å². The first-order valence-corrected chi connectivity index (χ1v) is 10.5. The maximum absolute atomic E-state index is 12.7. The van der Waals surface area contributed by atoms with Crippen LogP contribution in [0.1, 0.15) is 12.8 Å². The number of halogens is 1. The highest BCUT2D eigenvalue weighted by molar-refractivity contribution is 7.96. The molecule has 0 amide bonds. The molecule has 0 radical (unpaired) electrons. The Kier molecular flexibility index (Phi) is 3.80. The number of hydrogen-bond donors (Lipinski definition) is 1. The Bertz CT molecular complexity index is 739. The van der Waals surface area contributed by atoms with E-state index in [0.29, 0.717) is 5.02 Å². The molecule has 1 aliphatic carbocycles. The van der Waals surface area contributed by atoms with Gasteiger partial charge in [-0.2, -0.15) is 0 Å². The van der Waals surface area contributed by atoms with Crippen LogP contribution >= 0.6 is 11.6 Å². The fourth-order valence-electron chi connectivity index (χ4n) is 2.63. The lowest BCUT2D eigenvalue weighted by atomic mass is 10.2. The molecular weight excluding hydrogens is 334 g/mol. The van der Waals surface area contributed by atoms with Gasteiger partial charge in [0.05, 0.1) is 21.7 Å². The van der Waals surface area contributed by atoms with Crippen molar-refractivity contribution in [1.29, 1.82) is 0 Å². The topological polar surface area (TPSA) is 80.3 Å². The fourth-order valence-corrected chi connectivity index (χ4v) is 7.43.